The minimum absolute atomic E-state index is 0.238. The van der Waals surface area contributed by atoms with Crippen LogP contribution < -0.4 is 5.32 Å². The molecule has 9 heteroatoms. The molecule has 0 spiro atoms. The Hall–Kier alpha value is -2.23. The van der Waals surface area contributed by atoms with Crippen LogP contribution in [-0.2, 0) is 28.5 Å². The molecule has 1 aliphatic heterocycles. The molecule has 1 aliphatic rings. The monoisotopic (exact) mass is 408 g/mol. The summed E-state index contributed by atoms with van der Waals surface area (Å²) in [5, 5.41) is 2.73. The maximum Gasteiger partial charge on any atom is 0.289 e. The highest BCUT2D eigenvalue weighted by Crippen LogP contribution is 2.31. The number of carbonyl (C=O) groups is 1. The molecule has 6 nitrogen and oxygen atoms in total. The number of nitrogens with one attached hydrogen (secondary N) is 1. The second kappa shape index (κ2) is 8.42. The van der Waals surface area contributed by atoms with Crippen LogP contribution in [0, 0.1) is 0 Å². The summed E-state index contributed by atoms with van der Waals surface area (Å²) in [5.41, 5.74) is 2.03. The Kier molecular flexibility index (Phi) is 6.17. The second-order valence-corrected chi connectivity index (χ2v) is 7.47. The fourth-order valence-electron chi connectivity index (χ4n) is 2.93. The van der Waals surface area contributed by atoms with Gasteiger partial charge in [0.15, 0.2) is 0 Å². The topological polar surface area (TPSA) is 85.4 Å². The summed E-state index contributed by atoms with van der Waals surface area (Å²) < 4.78 is 50.4. The van der Waals surface area contributed by atoms with Crippen molar-refractivity contribution in [1.29, 1.82) is 0 Å². The third kappa shape index (κ3) is 4.43. The van der Waals surface area contributed by atoms with Crippen molar-refractivity contribution in [2.75, 3.05) is 6.54 Å². The summed E-state index contributed by atoms with van der Waals surface area (Å²) in [6.45, 7) is 2.00. The van der Waals surface area contributed by atoms with Gasteiger partial charge in [0.05, 0.1) is 0 Å². The molecule has 1 saturated heterocycles. The van der Waals surface area contributed by atoms with Crippen LogP contribution in [0.5, 0.6) is 0 Å². The molecule has 0 saturated carbocycles. The summed E-state index contributed by atoms with van der Waals surface area (Å²) in [7, 11) is 0. The van der Waals surface area contributed by atoms with Gasteiger partial charge in [-0.15, -0.1) is 0 Å². The Morgan fingerprint density at radius 2 is 2.14 bits per heavy atom. The summed E-state index contributed by atoms with van der Waals surface area (Å²) >= 11 is -2.40. The standard InChI is InChI=1S/C19H21F2N3O3S/c1-2-19(20,21)17-7-6-15(12-22-17)14-5-3-4-13(10-14)11-23-18(25)16-8-9-24(16)28(26)27/h3-7,10,12,16H,2,8-9,11H2,1H3,(H,23,25)(H,26,27)/p-1. The van der Waals surface area contributed by atoms with E-state index in [4.69, 9.17) is 0 Å². The van der Waals surface area contributed by atoms with Gasteiger partial charge in [0, 0.05) is 42.5 Å². The van der Waals surface area contributed by atoms with Gasteiger partial charge in [-0.2, -0.15) is 8.78 Å². The minimum atomic E-state index is -2.95. The number of amides is 1. The van der Waals surface area contributed by atoms with Crippen LogP contribution in [0.25, 0.3) is 11.1 Å². The zero-order valence-corrected chi connectivity index (χ0v) is 16.0. The minimum Gasteiger partial charge on any atom is -0.760 e. The highest BCUT2D eigenvalue weighted by Gasteiger charge is 2.34. The molecule has 1 fully saturated rings. The predicted molar refractivity (Wildman–Crippen MR) is 99.7 cm³/mol. The number of hydrogen-bond donors (Lipinski definition) is 1. The van der Waals surface area contributed by atoms with E-state index in [0.29, 0.717) is 18.5 Å². The molecule has 1 amide bonds. The number of pyridine rings is 1. The van der Waals surface area contributed by atoms with E-state index in [1.807, 2.05) is 18.2 Å². The van der Waals surface area contributed by atoms with Gasteiger partial charge in [-0.3, -0.25) is 14.0 Å². The van der Waals surface area contributed by atoms with Crippen LogP contribution in [0.2, 0.25) is 0 Å². The number of rotatable bonds is 7. The van der Waals surface area contributed by atoms with Crippen LogP contribution in [0.15, 0.2) is 42.6 Å². The third-order valence-corrected chi connectivity index (χ3v) is 5.59. The van der Waals surface area contributed by atoms with Gasteiger partial charge in [0.1, 0.15) is 11.7 Å². The van der Waals surface area contributed by atoms with E-state index in [9.17, 15) is 22.3 Å². The van der Waals surface area contributed by atoms with Gasteiger partial charge >= 0.3 is 0 Å². The lowest BCUT2D eigenvalue weighted by Gasteiger charge is -2.40. The quantitative estimate of drug-likeness (QED) is 0.714. The van der Waals surface area contributed by atoms with Crippen molar-refractivity contribution in [2.45, 2.75) is 38.3 Å². The van der Waals surface area contributed by atoms with Crippen molar-refractivity contribution in [1.82, 2.24) is 14.6 Å². The molecule has 2 unspecified atom stereocenters. The van der Waals surface area contributed by atoms with Crippen molar-refractivity contribution >= 4 is 17.2 Å². The lowest BCUT2D eigenvalue weighted by atomic mass is 10.0. The lowest BCUT2D eigenvalue weighted by Crippen LogP contribution is -2.56. The van der Waals surface area contributed by atoms with Gasteiger partial charge in [-0.1, -0.05) is 31.2 Å². The van der Waals surface area contributed by atoms with Gasteiger partial charge in [-0.25, -0.2) is 4.31 Å². The number of halogens is 2. The maximum absolute atomic E-state index is 13.7. The van der Waals surface area contributed by atoms with Crippen molar-refractivity contribution in [2.24, 2.45) is 0 Å². The fourth-order valence-corrected chi connectivity index (χ4v) is 3.60. The summed E-state index contributed by atoms with van der Waals surface area (Å²) in [4.78, 5) is 16.0. The fraction of sp³-hybridized carbons (Fsp3) is 0.368. The Bertz CT molecular complexity index is 877. The first kappa shape index (κ1) is 20.5. The number of aromatic nitrogens is 1. The number of carbonyl (C=O) groups excluding carboxylic acids is 1. The van der Waals surface area contributed by atoms with E-state index in [0.717, 1.165) is 15.4 Å². The molecule has 2 aromatic rings. The Morgan fingerprint density at radius 1 is 1.36 bits per heavy atom. The van der Waals surface area contributed by atoms with Crippen LogP contribution in [0.3, 0.4) is 0 Å². The van der Waals surface area contributed by atoms with Crippen molar-refractivity contribution < 1.29 is 22.3 Å². The first-order valence-electron chi connectivity index (χ1n) is 8.89. The number of alkyl halides is 2. The average Bonchev–Trinajstić information content (AvgIpc) is 2.65. The van der Waals surface area contributed by atoms with Crippen LogP contribution in [0.1, 0.15) is 31.0 Å². The molecule has 0 bridgehead atoms. The normalized spacial score (nSPS) is 18.4. The first-order valence-corrected chi connectivity index (χ1v) is 9.92. The smallest absolute Gasteiger partial charge is 0.289 e. The molecule has 1 N–H and O–H groups in total. The van der Waals surface area contributed by atoms with E-state index in [1.54, 1.807) is 12.1 Å². The van der Waals surface area contributed by atoms with Crippen LogP contribution >= 0.6 is 0 Å². The zero-order valence-electron chi connectivity index (χ0n) is 15.2. The predicted octanol–water partition coefficient (Wildman–Crippen LogP) is 2.74. The first-order chi connectivity index (χ1) is 13.3. The molecule has 0 radical (unpaired) electrons. The number of nitrogens with zero attached hydrogens (tertiary/aromatic N) is 2. The Labute approximate surface area is 164 Å². The molecule has 2 atom stereocenters. The number of benzene rings is 1. The maximum atomic E-state index is 13.7. The Balaban J connectivity index is 1.66. The van der Waals surface area contributed by atoms with E-state index in [2.05, 4.69) is 10.3 Å². The summed E-state index contributed by atoms with van der Waals surface area (Å²) in [5.74, 6) is -3.29. The highest BCUT2D eigenvalue weighted by molar-refractivity contribution is 7.76. The van der Waals surface area contributed by atoms with E-state index < -0.39 is 23.2 Å². The second-order valence-electron chi connectivity index (χ2n) is 6.57. The molecule has 3 rings (SSSR count). The molecule has 1 aromatic heterocycles. The van der Waals surface area contributed by atoms with E-state index in [1.165, 1.54) is 19.2 Å². The van der Waals surface area contributed by atoms with Crippen LogP contribution in [-0.4, -0.2) is 36.5 Å². The van der Waals surface area contributed by atoms with Crippen molar-refractivity contribution in [3.05, 3.63) is 53.9 Å². The summed E-state index contributed by atoms with van der Waals surface area (Å²) in [6.07, 6.45) is 1.60. The average molecular weight is 408 g/mol. The molecule has 1 aromatic carbocycles. The highest BCUT2D eigenvalue weighted by atomic mass is 32.2. The molecular weight excluding hydrogens is 388 g/mol. The SMILES string of the molecule is CCC(F)(F)c1ccc(-c2cccc(CNC(=O)C3CCN3S(=O)[O-])c2)cn1. The molecule has 28 heavy (non-hydrogen) atoms. The molecular formula is C19H20F2N3O3S-. The van der Waals surface area contributed by atoms with Gasteiger partial charge in [0.25, 0.3) is 5.92 Å². The molecule has 150 valence electrons. The van der Waals surface area contributed by atoms with E-state index in [-0.39, 0.29) is 24.6 Å². The third-order valence-electron chi connectivity index (χ3n) is 4.77. The molecule has 0 aliphatic carbocycles. The van der Waals surface area contributed by atoms with E-state index >= 15 is 0 Å². The van der Waals surface area contributed by atoms with Crippen molar-refractivity contribution in [3.8, 4) is 11.1 Å². The lowest BCUT2D eigenvalue weighted by molar-refractivity contribution is -0.127. The largest absolute Gasteiger partial charge is 0.760 e. The Morgan fingerprint density at radius 3 is 2.71 bits per heavy atom. The van der Waals surface area contributed by atoms with Gasteiger partial charge < -0.3 is 9.87 Å². The van der Waals surface area contributed by atoms with Crippen LogP contribution in [0.4, 0.5) is 8.78 Å². The molecule has 2 heterocycles. The zero-order chi connectivity index (χ0) is 20.3. The summed E-state index contributed by atoms with van der Waals surface area (Å²) in [6, 6.07) is 9.54. The van der Waals surface area contributed by atoms with Crippen molar-refractivity contribution in [3.63, 3.8) is 0 Å². The number of hydrogen-bond acceptors (Lipinski definition) is 4. The van der Waals surface area contributed by atoms with Gasteiger partial charge in [0.2, 0.25) is 5.91 Å². The van der Waals surface area contributed by atoms with Gasteiger partial charge in [-0.05, 0) is 29.7 Å².